The third-order valence-electron chi connectivity index (χ3n) is 3.59. The highest BCUT2D eigenvalue weighted by atomic mass is 31.1. The summed E-state index contributed by atoms with van der Waals surface area (Å²) < 4.78 is 0. The second kappa shape index (κ2) is 5.61. The molecule has 0 saturated carbocycles. The van der Waals surface area contributed by atoms with Gasteiger partial charge in [-0.3, -0.25) is 9.59 Å². The van der Waals surface area contributed by atoms with E-state index in [1.807, 2.05) is 13.8 Å². The van der Waals surface area contributed by atoms with E-state index in [0.717, 1.165) is 0 Å². The number of Topliss-reactive ketones (excluding diaryl/α,β-unsaturated/α-hetero) is 2. The molecule has 2 nitrogen and oxygen atoms in total. The highest BCUT2D eigenvalue weighted by Crippen LogP contribution is 2.44. The third-order valence-corrected chi connectivity index (χ3v) is 6.21. The highest BCUT2D eigenvalue weighted by molar-refractivity contribution is 7.43. The van der Waals surface area contributed by atoms with Crippen LogP contribution in [-0.4, -0.2) is 22.9 Å². The van der Waals surface area contributed by atoms with Crippen LogP contribution in [0.15, 0.2) is 0 Å². The van der Waals surface area contributed by atoms with Crippen molar-refractivity contribution in [2.45, 2.75) is 52.9 Å². The number of hydrogen-bond donors (Lipinski definition) is 0. The van der Waals surface area contributed by atoms with E-state index in [-0.39, 0.29) is 34.7 Å². The molecule has 1 rings (SSSR count). The van der Waals surface area contributed by atoms with E-state index in [0.29, 0.717) is 20.4 Å². The smallest absolute Gasteiger partial charge is 0.150 e. The molecule has 1 fully saturated rings. The first kappa shape index (κ1) is 14.8. The molecule has 1 heterocycles. The second-order valence-electron chi connectivity index (χ2n) is 6.14. The van der Waals surface area contributed by atoms with Gasteiger partial charge in [-0.15, -0.1) is 0 Å². The number of ketones is 2. The van der Waals surface area contributed by atoms with E-state index in [4.69, 9.17) is 0 Å². The summed E-state index contributed by atoms with van der Waals surface area (Å²) in [5.74, 6) is 0.914. The molecular weight excluding hydrogens is 231 g/mol. The van der Waals surface area contributed by atoms with Gasteiger partial charge in [0.25, 0.3) is 0 Å². The van der Waals surface area contributed by atoms with Gasteiger partial charge in [0.2, 0.25) is 0 Å². The molecule has 0 radical (unpaired) electrons. The fourth-order valence-corrected chi connectivity index (χ4v) is 4.43. The van der Waals surface area contributed by atoms with E-state index in [2.05, 4.69) is 27.7 Å². The fraction of sp³-hybridized carbons (Fsp3) is 0.857. The molecule has 3 heteroatoms. The largest absolute Gasteiger partial charge is 0.298 e. The monoisotopic (exact) mass is 256 g/mol. The van der Waals surface area contributed by atoms with Gasteiger partial charge in [-0.2, -0.15) is 0 Å². The summed E-state index contributed by atoms with van der Waals surface area (Å²) in [6, 6.07) is 0. The zero-order valence-corrected chi connectivity index (χ0v) is 12.8. The zero-order chi connectivity index (χ0) is 13.3. The summed E-state index contributed by atoms with van der Waals surface area (Å²) in [5.41, 5.74) is 0.208. The minimum atomic E-state index is -0.351. The van der Waals surface area contributed by atoms with E-state index >= 15 is 0 Å². The van der Waals surface area contributed by atoms with Crippen molar-refractivity contribution >= 4 is 20.1 Å². The molecule has 98 valence electrons. The molecule has 0 aromatic heterocycles. The van der Waals surface area contributed by atoms with Crippen LogP contribution in [0.1, 0.15) is 41.5 Å². The average molecular weight is 256 g/mol. The SMILES string of the molecule is CC(C)C1PC(C(C)C)C(=O)C(C(C)C)C1=O. The van der Waals surface area contributed by atoms with Crippen LogP contribution in [0.4, 0.5) is 0 Å². The van der Waals surface area contributed by atoms with Crippen molar-refractivity contribution in [2.24, 2.45) is 23.7 Å². The van der Waals surface area contributed by atoms with Crippen LogP contribution in [-0.2, 0) is 9.59 Å². The van der Waals surface area contributed by atoms with Gasteiger partial charge < -0.3 is 0 Å². The van der Waals surface area contributed by atoms with Crippen LogP contribution in [0.2, 0.25) is 0 Å². The summed E-state index contributed by atoms with van der Waals surface area (Å²) in [6.07, 6.45) is 0. The number of carbonyl (C=O) groups is 2. The van der Waals surface area contributed by atoms with Gasteiger partial charge in [0.05, 0.1) is 5.92 Å². The Morgan fingerprint density at radius 3 is 1.35 bits per heavy atom. The molecule has 0 aromatic rings. The van der Waals surface area contributed by atoms with Crippen LogP contribution >= 0.6 is 8.58 Å². The van der Waals surface area contributed by atoms with Gasteiger partial charge in [0.15, 0.2) is 11.6 Å². The predicted octanol–water partition coefficient (Wildman–Crippen LogP) is 3.14. The zero-order valence-electron chi connectivity index (χ0n) is 11.8. The minimum absolute atomic E-state index is 0.104. The van der Waals surface area contributed by atoms with Crippen LogP contribution in [0.3, 0.4) is 0 Å². The average Bonchev–Trinajstić information content (AvgIpc) is 2.15. The molecule has 0 aromatic carbocycles. The van der Waals surface area contributed by atoms with Crippen molar-refractivity contribution in [3.05, 3.63) is 0 Å². The lowest BCUT2D eigenvalue weighted by molar-refractivity contribution is -0.135. The van der Waals surface area contributed by atoms with Crippen LogP contribution < -0.4 is 0 Å². The maximum atomic E-state index is 12.4. The lowest BCUT2D eigenvalue weighted by Crippen LogP contribution is -2.47. The Hall–Kier alpha value is -0.230. The lowest BCUT2D eigenvalue weighted by atomic mass is 9.80. The van der Waals surface area contributed by atoms with Gasteiger partial charge in [0, 0.05) is 11.3 Å². The first-order chi connectivity index (χ1) is 7.77. The molecule has 17 heavy (non-hydrogen) atoms. The standard InChI is InChI=1S/C14H25O2P/c1-7(2)10-11(15)13(8(3)4)17-14(9(5)6)12(10)16/h7-10,13-14,17H,1-6H3. The molecule has 0 amide bonds. The summed E-state index contributed by atoms with van der Waals surface area (Å²) in [7, 11) is 0.485. The first-order valence-electron chi connectivity index (χ1n) is 6.60. The lowest BCUT2D eigenvalue weighted by Gasteiger charge is -2.37. The fourth-order valence-electron chi connectivity index (χ4n) is 2.58. The normalized spacial score (nSPS) is 32.2. The Morgan fingerprint density at radius 1 is 0.765 bits per heavy atom. The summed E-state index contributed by atoms with van der Waals surface area (Å²) in [6.45, 7) is 12.4. The molecular formula is C14H25O2P. The van der Waals surface area contributed by atoms with Crippen molar-refractivity contribution in [3.63, 3.8) is 0 Å². The van der Waals surface area contributed by atoms with E-state index in [1.54, 1.807) is 0 Å². The van der Waals surface area contributed by atoms with Crippen molar-refractivity contribution in [1.29, 1.82) is 0 Å². The van der Waals surface area contributed by atoms with E-state index in [1.165, 1.54) is 0 Å². The van der Waals surface area contributed by atoms with Gasteiger partial charge >= 0.3 is 0 Å². The van der Waals surface area contributed by atoms with Gasteiger partial charge in [0.1, 0.15) is 0 Å². The summed E-state index contributed by atoms with van der Waals surface area (Å²) in [5, 5.41) is 0. The number of hydrogen-bond acceptors (Lipinski definition) is 2. The van der Waals surface area contributed by atoms with Gasteiger partial charge in [-0.25, -0.2) is 0 Å². The summed E-state index contributed by atoms with van der Waals surface area (Å²) >= 11 is 0. The molecule has 1 aliphatic heterocycles. The van der Waals surface area contributed by atoms with Crippen LogP contribution in [0, 0.1) is 23.7 Å². The Bertz CT molecular complexity index is 281. The molecule has 2 atom stereocenters. The molecule has 0 bridgehead atoms. The van der Waals surface area contributed by atoms with Crippen LogP contribution in [0.25, 0.3) is 0 Å². The first-order valence-corrected chi connectivity index (χ1v) is 7.76. The molecule has 0 N–H and O–H groups in total. The van der Waals surface area contributed by atoms with E-state index < -0.39 is 0 Å². The van der Waals surface area contributed by atoms with Crippen molar-refractivity contribution in [2.75, 3.05) is 0 Å². The molecule has 2 unspecified atom stereocenters. The van der Waals surface area contributed by atoms with E-state index in [9.17, 15) is 9.59 Å². The van der Waals surface area contributed by atoms with Gasteiger partial charge in [-0.1, -0.05) is 50.1 Å². The second-order valence-corrected chi connectivity index (χ2v) is 7.71. The topological polar surface area (TPSA) is 34.1 Å². The predicted molar refractivity (Wildman–Crippen MR) is 73.9 cm³/mol. The maximum Gasteiger partial charge on any atom is 0.150 e. The minimum Gasteiger partial charge on any atom is -0.298 e. The Kier molecular flexibility index (Phi) is 4.89. The van der Waals surface area contributed by atoms with Crippen molar-refractivity contribution < 1.29 is 9.59 Å². The molecule has 1 aliphatic rings. The Morgan fingerprint density at radius 2 is 1.12 bits per heavy atom. The Labute approximate surface area is 107 Å². The highest BCUT2D eigenvalue weighted by Gasteiger charge is 2.45. The van der Waals surface area contributed by atoms with Crippen LogP contribution in [0.5, 0.6) is 0 Å². The summed E-state index contributed by atoms with van der Waals surface area (Å²) in [4.78, 5) is 24.7. The molecule has 0 aliphatic carbocycles. The van der Waals surface area contributed by atoms with Crippen molar-refractivity contribution in [1.82, 2.24) is 0 Å². The molecule has 0 spiro atoms. The number of rotatable bonds is 3. The van der Waals surface area contributed by atoms with Gasteiger partial charge in [-0.05, 0) is 17.8 Å². The quantitative estimate of drug-likeness (QED) is 0.574. The maximum absolute atomic E-state index is 12.4. The number of carbonyl (C=O) groups excluding carboxylic acids is 2. The molecule has 1 saturated heterocycles. The Balaban J connectivity index is 3.04. The van der Waals surface area contributed by atoms with Crippen molar-refractivity contribution in [3.8, 4) is 0 Å². The third kappa shape index (κ3) is 2.96.